The van der Waals surface area contributed by atoms with Crippen molar-refractivity contribution in [3.8, 4) is 5.75 Å². The quantitative estimate of drug-likeness (QED) is 0.731. The molecule has 13 heavy (non-hydrogen) atoms. The first kappa shape index (κ1) is 10.5. The highest BCUT2D eigenvalue weighted by Crippen LogP contribution is 2.25. The number of hydrogen-bond acceptors (Lipinski definition) is 2. The van der Waals surface area contributed by atoms with Gasteiger partial charge in [0.25, 0.3) is 0 Å². The molecule has 2 heteroatoms. The fourth-order valence-corrected chi connectivity index (χ4v) is 1.88. The van der Waals surface area contributed by atoms with E-state index in [0.717, 1.165) is 17.9 Å². The van der Waals surface area contributed by atoms with Crippen molar-refractivity contribution in [3.05, 3.63) is 28.8 Å². The van der Waals surface area contributed by atoms with E-state index in [1.807, 2.05) is 0 Å². The van der Waals surface area contributed by atoms with Crippen LogP contribution in [-0.4, -0.2) is 12.9 Å². The summed E-state index contributed by atoms with van der Waals surface area (Å²) in [5.41, 5.74) is 3.75. The van der Waals surface area contributed by atoms with Crippen molar-refractivity contribution in [2.24, 2.45) is 0 Å². The van der Waals surface area contributed by atoms with Gasteiger partial charge in [-0.25, -0.2) is 0 Å². The Kier molecular flexibility index (Phi) is 3.67. The van der Waals surface area contributed by atoms with Crippen LogP contribution in [0.3, 0.4) is 0 Å². The van der Waals surface area contributed by atoms with E-state index in [4.69, 9.17) is 4.74 Å². The summed E-state index contributed by atoms with van der Waals surface area (Å²) in [6.07, 6.45) is 0.967. The first-order valence-electron chi connectivity index (χ1n) is 4.44. The van der Waals surface area contributed by atoms with E-state index < -0.39 is 0 Å². The molecular formula is C11H16OS. The summed E-state index contributed by atoms with van der Waals surface area (Å²) < 4.78 is 5.35. The van der Waals surface area contributed by atoms with E-state index in [1.165, 1.54) is 16.7 Å². The number of ether oxygens (including phenoxy) is 1. The van der Waals surface area contributed by atoms with E-state index in [0.29, 0.717) is 0 Å². The SMILES string of the molecule is COc1c(C)cc(C)cc1CCS. The van der Waals surface area contributed by atoms with Crippen LogP contribution in [0.5, 0.6) is 5.75 Å². The summed E-state index contributed by atoms with van der Waals surface area (Å²) in [5, 5.41) is 0. The maximum Gasteiger partial charge on any atom is 0.124 e. The molecule has 0 spiro atoms. The maximum atomic E-state index is 5.35. The Labute approximate surface area is 85.5 Å². The molecule has 0 aromatic heterocycles. The van der Waals surface area contributed by atoms with Gasteiger partial charge in [-0.15, -0.1) is 0 Å². The molecule has 0 unspecified atom stereocenters. The minimum atomic E-state index is 0.860. The van der Waals surface area contributed by atoms with Crippen LogP contribution in [0, 0.1) is 13.8 Å². The van der Waals surface area contributed by atoms with E-state index in [2.05, 4.69) is 38.6 Å². The van der Waals surface area contributed by atoms with Gasteiger partial charge in [0.2, 0.25) is 0 Å². The van der Waals surface area contributed by atoms with E-state index in [9.17, 15) is 0 Å². The van der Waals surface area contributed by atoms with Crippen LogP contribution in [0.15, 0.2) is 12.1 Å². The third-order valence-electron chi connectivity index (χ3n) is 2.08. The Balaban J connectivity index is 3.13. The normalized spacial score (nSPS) is 10.2. The number of hydrogen-bond donors (Lipinski definition) is 1. The number of thiol groups is 1. The van der Waals surface area contributed by atoms with Gasteiger partial charge in [0.1, 0.15) is 5.75 Å². The second-order valence-electron chi connectivity index (χ2n) is 3.25. The van der Waals surface area contributed by atoms with Crippen molar-refractivity contribution in [1.29, 1.82) is 0 Å². The van der Waals surface area contributed by atoms with Crippen LogP contribution in [-0.2, 0) is 6.42 Å². The van der Waals surface area contributed by atoms with E-state index in [1.54, 1.807) is 7.11 Å². The van der Waals surface area contributed by atoms with Gasteiger partial charge in [-0.1, -0.05) is 17.7 Å². The summed E-state index contributed by atoms with van der Waals surface area (Å²) in [6, 6.07) is 4.31. The van der Waals surface area contributed by atoms with E-state index in [-0.39, 0.29) is 0 Å². The van der Waals surface area contributed by atoms with Crippen molar-refractivity contribution in [2.75, 3.05) is 12.9 Å². The molecule has 0 fully saturated rings. The maximum absolute atomic E-state index is 5.35. The van der Waals surface area contributed by atoms with Crippen LogP contribution < -0.4 is 4.74 Å². The van der Waals surface area contributed by atoms with Crippen molar-refractivity contribution in [1.82, 2.24) is 0 Å². The zero-order valence-electron chi connectivity index (χ0n) is 8.42. The van der Waals surface area contributed by atoms with Gasteiger partial charge in [-0.05, 0) is 37.1 Å². The predicted octanol–water partition coefficient (Wildman–Crippen LogP) is 2.78. The Morgan fingerprint density at radius 2 is 2.00 bits per heavy atom. The molecular weight excluding hydrogens is 180 g/mol. The average Bonchev–Trinajstić information content (AvgIpc) is 2.04. The minimum Gasteiger partial charge on any atom is -0.496 e. The summed E-state index contributed by atoms with van der Waals surface area (Å²) >= 11 is 4.23. The molecule has 0 amide bonds. The van der Waals surface area contributed by atoms with Gasteiger partial charge in [-0.2, -0.15) is 12.6 Å². The summed E-state index contributed by atoms with van der Waals surface area (Å²) in [5.74, 6) is 1.87. The monoisotopic (exact) mass is 196 g/mol. The largest absolute Gasteiger partial charge is 0.496 e. The minimum absolute atomic E-state index is 0.860. The van der Waals surface area contributed by atoms with Crippen LogP contribution in [0.4, 0.5) is 0 Å². The topological polar surface area (TPSA) is 9.23 Å². The highest BCUT2D eigenvalue weighted by Gasteiger charge is 2.05. The number of aryl methyl sites for hydroxylation is 3. The molecule has 1 nitrogen and oxygen atoms in total. The summed E-state index contributed by atoms with van der Waals surface area (Å²) in [7, 11) is 1.72. The third kappa shape index (κ3) is 2.41. The number of methoxy groups -OCH3 is 1. The zero-order valence-corrected chi connectivity index (χ0v) is 9.32. The summed E-state index contributed by atoms with van der Waals surface area (Å²) in [4.78, 5) is 0. The molecule has 0 saturated carbocycles. The van der Waals surface area contributed by atoms with Crippen LogP contribution in [0.2, 0.25) is 0 Å². The molecule has 0 aliphatic rings. The highest BCUT2D eigenvalue weighted by molar-refractivity contribution is 7.80. The Morgan fingerprint density at radius 1 is 1.31 bits per heavy atom. The van der Waals surface area contributed by atoms with Gasteiger partial charge in [0, 0.05) is 0 Å². The second-order valence-corrected chi connectivity index (χ2v) is 3.70. The van der Waals surface area contributed by atoms with Crippen LogP contribution in [0.1, 0.15) is 16.7 Å². The van der Waals surface area contributed by atoms with Gasteiger partial charge >= 0.3 is 0 Å². The Morgan fingerprint density at radius 3 is 2.54 bits per heavy atom. The van der Waals surface area contributed by atoms with Gasteiger partial charge in [0.15, 0.2) is 0 Å². The predicted molar refractivity (Wildman–Crippen MR) is 60.0 cm³/mol. The lowest BCUT2D eigenvalue weighted by Gasteiger charge is -2.11. The van der Waals surface area contributed by atoms with E-state index >= 15 is 0 Å². The lowest BCUT2D eigenvalue weighted by Crippen LogP contribution is -1.96. The molecule has 1 aromatic carbocycles. The lowest BCUT2D eigenvalue weighted by atomic mass is 10.0. The van der Waals surface area contributed by atoms with Crippen molar-refractivity contribution < 1.29 is 4.74 Å². The molecule has 1 rings (SSSR count). The van der Waals surface area contributed by atoms with Crippen molar-refractivity contribution in [2.45, 2.75) is 20.3 Å². The molecule has 0 saturated heterocycles. The van der Waals surface area contributed by atoms with Crippen LogP contribution >= 0.6 is 12.6 Å². The summed E-state index contributed by atoms with van der Waals surface area (Å²) in [6.45, 7) is 4.18. The second kappa shape index (κ2) is 4.56. The average molecular weight is 196 g/mol. The molecule has 0 radical (unpaired) electrons. The standard InChI is InChI=1S/C11H16OS/c1-8-6-9(2)11(12-3)10(7-8)4-5-13/h6-7,13H,4-5H2,1-3H3. The van der Waals surface area contributed by atoms with Gasteiger partial charge < -0.3 is 4.74 Å². The zero-order chi connectivity index (χ0) is 9.84. The smallest absolute Gasteiger partial charge is 0.124 e. The molecule has 1 aromatic rings. The molecule has 0 N–H and O–H groups in total. The molecule has 72 valence electrons. The Hall–Kier alpha value is -0.630. The molecule has 0 aliphatic carbocycles. The Bertz CT molecular complexity index is 294. The molecule has 0 atom stereocenters. The van der Waals surface area contributed by atoms with Crippen LogP contribution in [0.25, 0.3) is 0 Å². The highest BCUT2D eigenvalue weighted by atomic mass is 32.1. The number of benzene rings is 1. The van der Waals surface area contributed by atoms with Crippen molar-refractivity contribution in [3.63, 3.8) is 0 Å². The first-order valence-corrected chi connectivity index (χ1v) is 5.07. The van der Waals surface area contributed by atoms with Gasteiger partial charge in [-0.3, -0.25) is 0 Å². The lowest BCUT2D eigenvalue weighted by molar-refractivity contribution is 0.407. The molecule has 0 aliphatic heterocycles. The third-order valence-corrected chi connectivity index (χ3v) is 2.30. The fraction of sp³-hybridized carbons (Fsp3) is 0.455. The molecule has 0 bridgehead atoms. The first-order chi connectivity index (χ1) is 6.19. The molecule has 0 heterocycles. The number of rotatable bonds is 3. The fourth-order valence-electron chi connectivity index (χ4n) is 1.64. The van der Waals surface area contributed by atoms with Gasteiger partial charge in [0.05, 0.1) is 7.11 Å². The van der Waals surface area contributed by atoms with Crippen molar-refractivity contribution >= 4 is 12.6 Å².